The van der Waals surface area contributed by atoms with Crippen LogP contribution in [0.25, 0.3) is 0 Å². The van der Waals surface area contributed by atoms with Gasteiger partial charge >= 0.3 is 0 Å². The first kappa shape index (κ1) is 28.2. The fourth-order valence-corrected chi connectivity index (χ4v) is 5.02. The number of hydrogen-bond acceptors (Lipinski definition) is 5. The zero-order chi connectivity index (χ0) is 28.1. The van der Waals surface area contributed by atoms with Gasteiger partial charge in [-0.2, -0.15) is 0 Å². The van der Waals surface area contributed by atoms with Crippen LogP contribution in [0.4, 0.5) is 10.1 Å². The molecular formula is C29H30ClFN4O4. The second-order valence-electron chi connectivity index (χ2n) is 9.86. The number of carbonyl (C=O) groups excluding carboxylic acids is 2. The molecule has 1 heterocycles. The largest absolute Gasteiger partial charge is 0.344 e. The normalized spacial score (nSPS) is 18.4. The summed E-state index contributed by atoms with van der Waals surface area (Å²) >= 11 is 6.05. The van der Waals surface area contributed by atoms with Gasteiger partial charge in [0.15, 0.2) is 0 Å². The van der Waals surface area contributed by atoms with Crippen molar-refractivity contribution in [1.29, 1.82) is 0 Å². The van der Waals surface area contributed by atoms with Gasteiger partial charge in [0.1, 0.15) is 11.4 Å². The lowest BCUT2D eigenvalue weighted by Gasteiger charge is -2.44. The number of rotatable bonds is 8. The fourth-order valence-electron chi connectivity index (χ4n) is 4.89. The molecule has 1 saturated heterocycles. The van der Waals surface area contributed by atoms with E-state index in [2.05, 4.69) is 10.2 Å². The molecule has 3 atom stereocenters. The van der Waals surface area contributed by atoms with Gasteiger partial charge in [0.2, 0.25) is 5.91 Å². The maximum absolute atomic E-state index is 13.6. The molecule has 0 radical (unpaired) electrons. The summed E-state index contributed by atoms with van der Waals surface area (Å²) in [4.78, 5) is 41.6. The number of para-hydroxylation sites is 1. The Kier molecular flexibility index (Phi) is 8.93. The molecule has 1 aliphatic heterocycles. The van der Waals surface area contributed by atoms with Gasteiger partial charge in [-0.15, -0.1) is 0 Å². The number of amides is 2. The van der Waals surface area contributed by atoms with E-state index in [9.17, 15) is 24.1 Å². The SMILES string of the molecule is CC1CN(C(=O)CC(NC(=O)c2ccccc2[N+](=O)[O-])c2ccc(Cl)cc2)C(C)CN1Cc1ccc(F)cc1. The molecule has 0 bridgehead atoms. The van der Waals surface area contributed by atoms with E-state index in [1.807, 2.05) is 18.7 Å². The average molecular weight is 553 g/mol. The number of nitro benzene ring substituents is 1. The van der Waals surface area contributed by atoms with Crippen molar-refractivity contribution in [3.05, 3.63) is 110 Å². The summed E-state index contributed by atoms with van der Waals surface area (Å²) in [5, 5.41) is 14.8. The number of carbonyl (C=O) groups is 2. The molecule has 10 heteroatoms. The van der Waals surface area contributed by atoms with E-state index in [-0.39, 0.29) is 41.5 Å². The highest BCUT2D eigenvalue weighted by atomic mass is 35.5. The van der Waals surface area contributed by atoms with Gasteiger partial charge in [-0.1, -0.05) is 48.0 Å². The number of nitrogens with zero attached hydrogens (tertiary/aromatic N) is 3. The van der Waals surface area contributed by atoms with E-state index in [1.54, 1.807) is 42.5 Å². The molecule has 3 aromatic rings. The van der Waals surface area contributed by atoms with Crippen molar-refractivity contribution in [2.75, 3.05) is 13.1 Å². The van der Waals surface area contributed by atoms with Crippen molar-refractivity contribution in [1.82, 2.24) is 15.1 Å². The molecule has 0 aliphatic carbocycles. The van der Waals surface area contributed by atoms with E-state index >= 15 is 0 Å². The molecule has 1 fully saturated rings. The maximum atomic E-state index is 13.6. The van der Waals surface area contributed by atoms with Gasteiger partial charge in [0, 0.05) is 42.8 Å². The van der Waals surface area contributed by atoms with Crippen molar-refractivity contribution in [3.63, 3.8) is 0 Å². The number of piperazine rings is 1. The van der Waals surface area contributed by atoms with E-state index in [4.69, 9.17) is 11.6 Å². The quantitative estimate of drug-likeness (QED) is 0.299. The zero-order valence-corrected chi connectivity index (χ0v) is 22.5. The summed E-state index contributed by atoms with van der Waals surface area (Å²) in [7, 11) is 0. The molecule has 39 heavy (non-hydrogen) atoms. The van der Waals surface area contributed by atoms with Crippen molar-refractivity contribution in [2.24, 2.45) is 0 Å². The zero-order valence-electron chi connectivity index (χ0n) is 21.7. The second kappa shape index (κ2) is 12.4. The van der Waals surface area contributed by atoms with Crippen LogP contribution in [0, 0.1) is 15.9 Å². The van der Waals surface area contributed by atoms with Gasteiger partial charge in [-0.3, -0.25) is 24.6 Å². The second-order valence-corrected chi connectivity index (χ2v) is 10.3. The van der Waals surface area contributed by atoms with E-state index in [1.165, 1.54) is 30.3 Å². The van der Waals surface area contributed by atoms with Crippen LogP contribution in [0.5, 0.6) is 0 Å². The first-order valence-corrected chi connectivity index (χ1v) is 13.1. The Bertz CT molecular complexity index is 1340. The number of halogens is 2. The summed E-state index contributed by atoms with van der Waals surface area (Å²) in [5.74, 6) is -1.06. The van der Waals surface area contributed by atoms with Crippen molar-refractivity contribution < 1.29 is 18.9 Å². The monoisotopic (exact) mass is 552 g/mol. The minimum Gasteiger partial charge on any atom is -0.344 e. The third-order valence-electron chi connectivity index (χ3n) is 7.04. The summed E-state index contributed by atoms with van der Waals surface area (Å²) in [5.41, 5.74) is 1.27. The summed E-state index contributed by atoms with van der Waals surface area (Å²) in [6.07, 6.45) is -0.0248. The summed E-state index contributed by atoms with van der Waals surface area (Å²) in [6.45, 7) is 5.80. The molecule has 3 unspecified atom stereocenters. The maximum Gasteiger partial charge on any atom is 0.282 e. The standard InChI is InChI=1S/C29H30ClFN4O4/c1-19-17-34(20(2)16-33(19)18-21-7-13-24(31)14-8-21)28(36)15-26(22-9-11-23(30)12-10-22)32-29(37)25-5-3-4-6-27(25)35(38)39/h3-14,19-20,26H,15-18H2,1-2H3,(H,32,37). The highest BCUT2D eigenvalue weighted by Crippen LogP contribution is 2.26. The number of hydrogen-bond donors (Lipinski definition) is 1. The van der Waals surface area contributed by atoms with Gasteiger partial charge in [0.05, 0.1) is 17.4 Å². The molecule has 3 aromatic carbocycles. The Balaban J connectivity index is 1.49. The van der Waals surface area contributed by atoms with Crippen LogP contribution in [0.3, 0.4) is 0 Å². The molecule has 1 aliphatic rings. The first-order chi connectivity index (χ1) is 18.6. The predicted octanol–water partition coefficient (Wildman–Crippen LogP) is 5.37. The average Bonchev–Trinajstić information content (AvgIpc) is 2.91. The first-order valence-electron chi connectivity index (χ1n) is 12.7. The van der Waals surface area contributed by atoms with E-state index < -0.39 is 16.9 Å². The smallest absolute Gasteiger partial charge is 0.282 e. The Morgan fingerprint density at radius 3 is 2.36 bits per heavy atom. The summed E-state index contributed by atoms with van der Waals surface area (Å²) in [6, 6.07) is 18.2. The topological polar surface area (TPSA) is 95.8 Å². The minimum atomic E-state index is -0.721. The molecule has 0 spiro atoms. The van der Waals surface area contributed by atoms with E-state index in [0.29, 0.717) is 30.2 Å². The molecule has 8 nitrogen and oxygen atoms in total. The summed E-state index contributed by atoms with van der Waals surface area (Å²) < 4.78 is 13.3. The Hall–Kier alpha value is -3.82. The van der Waals surface area contributed by atoms with Gasteiger partial charge < -0.3 is 10.2 Å². The number of nitro groups is 1. The van der Waals surface area contributed by atoms with Crippen LogP contribution in [0.2, 0.25) is 5.02 Å². The Morgan fingerprint density at radius 2 is 1.69 bits per heavy atom. The molecule has 2 amide bonds. The van der Waals surface area contributed by atoms with Gasteiger partial charge in [0.25, 0.3) is 11.6 Å². The van der Waals surface area contributed by atoms with Crippen LogP contribution in [-0.2, 0) is 11.3 Å². The molecule has 1 N–H and O–H groups in total. The lowest BCUT2D eigenvalue weighted by Crippen LogP contribution is -2.58. The number of nitrogens with one attached hydrogen (secondary N) is 1. The molecule has 0 saturated carbocycles. The van der Waals surface area contributed by atoms with E-state index in [0.717, 1.165) is 5.56 Å². The van der Waals surface area contributed by atoms with Gasteiger partial charge in [-0.25, -0.2) is 4.39 Å². The lowest BCUT2D eigenvalue weighted by molar-refractivity contribution is -0.385. The van der Waals surface area contributed by atoms with Crippen LogP contribution in [0.15, 0.2) is 72.8 Å². The molecule has 0 aromatic heterocycles. The molecular weight excluding hydrogens is 523 g/mol. The van der Waals surface area contributed by atoms with Crippen molar-refractivity contribution in [2.45, 2.75) is 44.9 Å². The lowest BCUT2D eigenvalue weighted by atomic mass is 10.00. The third-order valence-corrected chi connectivity index (χ3v) is 7.29. The Morgan fingerprint density at radius 1 is 1.03 bits per heavy atom. The van der Waals surface area contributed by atoms with Crippen LogP contribution >= 0.6 is 11.6 Å². The number of benzene rings is 3. The molecule has 4 rings (SSSR count). The van der Waals surface area contributed by atoms with Crippen LogP contribution in [0.1, 0.15) is 47.8 Å². The van der Waals surface area contributed by atoms with Crippen LogP contribution < -0.4 is 5.32 Å². The highest BCUT2D eigenvalue weighted by Gasteiger charge is 2.33. The Labute approximate surface area is 231 Å². The third kappa shape index (κ3) is 6.99. The van der Waals surface area contributed by atoms with Gasteiger partial charge in [-0.05, 0) is 55.3 Å². The minimum absolute atomic E-state index is 0.0248. The predicted molar refractivity (Wildman–Crippen MR) is 147 cm³/mol. The highest BCUT2D eigenvalue weighted by molar-refractivity contribution is 6.30. The van der Waals surface area contributed by atoms with Crippen LogP contribution in [-0.4, -0.2) is 51.7 Å². The van der Waals surface area contributed by atoms with Crippen molar-refractivity contribution >= 4 is 29.1 Å². The van der Waals surface area contributed by atoms with Crippen molar-refractivity contribution in [3.8, 4) is 0 Å². The fraction of sp³-hybridized carbons (Fsp3) is 0.310. The molecule has 204 valence electrons.